The summed E-state index contributed by atoms with van der Waals surface area (Å²) in [6.45, 7) is 4.37. The van der Waals surface area contributed by atoms with Gasteiger partial charge < -0.3 is 4.57 Å². The molecule has 18 heavy (non-hydrogen) atoms. The van der Waals surface area contributed by atoms with Gasteiger partial charge in [0.05, 0.1) is 11.6 Å². The van der Waals surface area contributed by atoms with Gasteiger partial charge in [-0.05, 0) is 18.8 Å². The quantitative estimate of drug-likeness (QED) is 0.798. The number of nitrogens with zero attached hydrogens (tertiary/aromatic N) is 4. The Labute approximate surface area is 112 Å². The molecule has 2 heterocycles. The molecule has 1 fully saturated rings. The molecule has 0 N–H and O–H groups in total. The van der Waals surface area contributed by atoms with E-state index in [0.717, 1.165) is 35.0 Å². The number of fused-ring (bicyclic) bond motifs is 1. The van der Waals surface area contributed by atoms with Gasteiger partial charge in [-0.2, -0.15) is 5.10 Å². The third-order valence-corrected chi connectivity index (χ3v) is 4.24. The number of aryl methyl sites for hydroxylation is 2. The van der Waals surface area contributed by atoms with Crippen LogP contribution in [0.5, 0.6) is 0 Å². The Hall–Kier alpha value is -1.03. The lowest BCUT2D eigenvalue weighted by Gasteiger charge is -2.07. The predicted molar refractivity (Wildman–Crippen MR) is 72.9 cm³/mol. The fourth-order valence-corrected chi connectivity index (χ4v) is 3.10. The lowest BCUT2D eigenvalue weighted by molar-refractivity contribution is 0.614. The van der Waals surface area contributed by atoms with Gasteiger partial charge in [0.1, 0.15) is 11.3 Å². The van der Waals surface area contributed by atoms with Gasteiger partial charge in [-0.15, -0.1) is 11.6 Å². The van der Waals surface area contributed by atoms with Crippen molar-refractivity contribution in [2.75, 3.05) is 0 Å². The summed E-state index contributed by atoms with van der Waals surface area (Å²) < 4.78 is 4.28. The summed E-state index contributed by atoms with van der Waals surface area (Å²) in [6.07, 6.45) is 3.39. The number of imidazole rings is 1. The van der Waals surface area contributed by atoms with Gasteiger partial charge in [0.15, 0.2) is 5.65 Å². The van der Waals surface area contributed by atoms with Crippen LogP contribution in [0.2, 0.25) is 0 Å². The maximum atomic E-state index is 6.06. The Morgan fingerprint density at radius 2 is 2.17 bits per heavy atom. The van der Waals surface area contributed by atoms with Gasteiger partial charge in [-0.25, -0.2) is 4.98 Å². The molecule has 1 aliphatic rings. The van der Waals surface area contributed by atoms with Crippen molar-refractivity contribution in [3.05, 3.63) is 11.5 Å². The van der Waals surface area contributed by atoms with Crippen LogP contribution in [-0.2, 0) is 19.3 Å². The summed E-state index contributed by atoms with van der Waals surface area (Å²) in [5, 5.41) is 4.56. The van der Waals surface area contributed by atoms with Gasteiger partial charge in [0, 0.05) is 13.1 Å². The lowest BCUT2D eigenvalue weighted by atomic mass is 10.3. The summed E-state index contributed by atoms with van der Waals surface area (Å²) >= 11 is 6.06. The van der Waals surface area contributed by atoms with Gasteiger partial charge in [0.25, 0.3) is 0 Å². The zero-order chi connectivity index (χ0) is 12.9. The minimum absolute atomic E-state index is 0.477. The van der Waals surface area contributed by atoms with E-state index in [0.29, 0.717) is 11.9 Å². The molecular weight excluding hydrogens is 248 g/mol. The van der Waals surface area contributed by atoms with Crippen LogP contribution in [0.3, 0.4) is 0 Å². The van der Waals surface area contributed by atoms with Crippen molar-refractivity contribution < 1.29 is 0 Å². The Morgan fingerprint density at radius 1 is 1.39 bits per heavy atom. The maximum Gasteiger partial charge on any atom is 0.158 e. The topological polar surface area (TPSA) is 35.6 Å². The largest absolute Gasteiger partial charge is 0.308 e. The minimum Gasteiger partial charge on any atom is -0.308 e. The Balaban J connectivity index is 2.18. The second kappa shape index (κ2) is 4.26. The van der Waals surface area contributed by atoms with E-state index in [1.54, 1.807) is 0 Å². The van der Waals surface area contributed by atoms with Crippen molar-refractivity contribution in [2.24, 2.45) is 13.0 Å². The highest BCUT2D eigenvalue weighted by Crippen LogP contribution is 2.47. The summed E-state index contributed by atoms with van der Waals surface area (Å²) in [7, 11) is 2.00. The van der Waals surface area contributed by atoms with Crippen molar-refractivity contribution in [1.82, 2.24) is 19.3 Å². The SMILES string of the molecule is CCc1nn(C)c2c1nc(CCl)n2C1CC1CC. The van der Waals surface area contributed by atoms with Crippen LogP contribution in [0.15, 0.2) is 0 Å². The smallest absolute Gasteiger partial charge is 0.158 e. The van der Waals surface area contributed by atoms with Gasteiger partial charge in [0.2, 0.25) is 0 Å². The molecule has 0 bridgehead atoms. The summed E-state index contributed by atoms with van der Waals surface area (Å²) in [5.41, 5.74) is 3.26. The first-order chi connectivity index (χ1) is 8.71. The molecule has 5 heteroatoms. The first-order valence-electron chi connectivity index (χ1n) is 6.69. The van der Waals surface area contributed by atoms with E-state index in [1.165, 1.54) is 12.8 Å². The highest BCUT2D eigenvalue weighted by Gasteiger charge is 2.40. The fraction of sp³-hybridized carbons (Fsp3) is 0.692. The third kappa shape index (κ3) is 1.58. The molecule has 1 aliphatic carbocycles. The van der Waals surface area contributed by atoms with Crippen LogP contribution in [-0.4, -0.2) is 19.3 Å². The van der Waals surface area contributed by atoms with Crippen LogP contribution in [0.4, 0.5) is 0 Å². The average Bonchev–Trinajstić information content (AvgIpc) is 2.96. The van der Waals surface area contributed by atoms with E-state index in [4.69, 9.17) is 16.6 Å². The molecule has 2 aromatic heterocycles. The number of hydrogen-bond donors (Lipinski definition) is 0. The van der Waals surface area contributed by atoms with E-state index in [1.807, 2.05) is 11.7 Å². The van der Waals surface area contributed by atoms with Crippen molar-refractivity contribution in [1.29, 1.82) is 0 Å². The number of alkyl halides is 1. The van der Waals surface area contributed by atoms with Gasteiger partial charge in [-0.1, -0.05) is 20.3 Å². The maximum absolute atomic E-state index is 6.06. The molecular formula is C13H19ClN4. The molecule has 0 radical (unpaired) electrons. The lowest BCUT2D eigenvalue weighted by Crippen LogP contribution is -2.06. The molecule has 98 valence electrons. The molecule has 0 amide bonds. The minimum atomic E-state index is 0.477. The van der Waals surface area contributed by atoms with E-state index in [-0.39, 0.29) is 0 Å². The van der Waals surface area contributed by atoms with E-state index >= 15 is 0 Å². The highest BCUT2D eigenvalue weighted by molar-refractivity contribution is 6.16. The van der Waals surface area contributed by atoms with Gasteiger partial charge >= 0.3 is 0 Å². The van der Waals surface area contributed by atoms with Crippen molar-refractivity contribution in [2.45, 2.75) is 45.0 Å². The molecule has 0 aliphatic heterocycles. The normalized spacial score (nSPS) is 22.9. The van der Waals surface area contributed by atoms with E-state index in [2.05, 4.69) is 23.5 Å². The highest BCUT2D eigenvalue weighted by atomic mass is 35.5. The van der Waals surface area contributed by atoms with Crippen LogP contribution in [0.1, 0.15) is 44.2 Å². The first-order valence-corrected chi connectivity index (χ1v) is 7.23. The Kier molecular flexibility index (Phi) is 2.85. The standard InChI is InChI=1S/C13H19ClN4/c1-4-8-6-10(8)18-11(7-14)15-12-9(5-2)16-17(3)13(12)18/h8,10H,4-7H2,1-3H3. The molecule has 1 saturated carbocycles. The zero-order valence-electron chi connectivity index (χ0n) is 11.1. The predicted octanol–water partition coefficient (Wildman–Crippen LogP) is 3.04. The molecule has 0 saturated heterocycles. The number of halogens is 1. The Morgan fingerprint density at radius 3 is 2.72 bits per heavy atom. The molecule has 0 aromatic carbocycles. The van der Waals surface area contributed by atoms with Gasteiger partial charge in [-0.3, -0.25) is 4.68 Å². The average molecular weight is 267 g/mol. The van der Waals surface area contributed by atoms with E-state index < -0.39 is 0 Å². The van der Waals surface area contributed by atoms with Crippen LogP contribution >= 0.6 is 11.6 Å². The third-order valence-electron chi connectivity index (χ3n) is 4.01. The fourth-order valence-electron chi connectivity index (χ4n) is 2.92. The molecule has 3 rings (SSSR count). The first kappa shape index (κ1) is 12.0. The van der Waals surface area contributed by atoms with Crippen molar-refractivity contribution in [3.8, 4) is 0 Å². The Bertz CT molecular complexity index is 583. The molecule has 4 nitrogen and oxygen atoms in total. The monoisotopic (exact) mass is 266 g/mol. The second-order valence-corrected chi connectivity index (χ2v) is 5.37. The van der Waals surface area contributed by atoms with Crippen molar-refractivity contribution in [3.63, 3.8) is 0 Å². The molecule has 0 spiro atoms. The van der Waals surface area contributed by atoms with Crippen LogP contribution in [0.25, 0.3) is 11.2 Å². The summed E-state index contributed by atoms with van der Waals surface area (Å²) in [5.74, 6) is 2.25. The van der Waals surface area contributed by atoms with Crippen molar-refractivity contribution >= 4 is 22.8 Å². The summed E-state index contributed by atoms with van der Waals surface area (Å²) in [4.78, 5) is 4.70. The molecule has 2 unspecified atom stereocenters. The number of hydrogen-bond acceptors (Lipinski definition) is 2. The zero-order valence-corrected chi connectivity index (χ0v) is 11.9. The number of rotatable bonds is 4. The molecule has 2 aromatic rings. The number of aromatic nitrogens is 4. The van der Waals surface area contributed by atoms with E-state index in [9.17, 15) is 0 Å². The van der Waals surface area contributed by atoms with Crippen LogP contribution < -0.4 is 0 Å². The molecule has 2 atom stereocenters. The second-order valence-electron chi connectivity index (χ2n) is 5.10. The van der Waals surface area contributed by atoms with Crippen LogP contribution in [0, 0.1) is 5.92 Å². The summed E-state index contributed by atoms with van der Waals surface area (Å²) in [6, 6.07) is 0.578.